The number of nitrogens with zero attached hydrogens (tertiary/aromatic N) is 3. The first-order valence-electron chi connectivity index (χ1n) is 17.1. The highest BCUT2D eigenvalue weighted by Gasteiger charge is 2.38. The number of rotatable bonds is 15. The fourth-order valence-electron chi connectivity index (χ4n) is 5.96. The van der Waals surface area contributed by atoms with E-state index in [2.05, 4.69) is 60.0 Å². The van der Waals surface area contributed by atoms with Crippen LogP contribution in [0.15, 0.2) is 48.8 Å². The molecule has 0 radical (unpaired) electrons. The lowest BCUT2D eigenvalue weighted by Gasteiger charge is -2.29. The van der Waals surface area contributed by atoms with Gasteiger partial charge in [-0.05, 0) is 68.8 Å². The van der Waals surface area contributed by atoms with Gasteiger partial charge >= 0.3 is 12.1 Å². The highest BCUT2D eigenvalue weighted by molar-refractivity contribution is 5.97. The molecule has 4 N–H and O–H groups in total. The van der Waals surface area contributed by atoms with Crippen LogP contribution < -0.4 is 15.4 Å². The number of phenols is 1. The van der Waals surface area contributed by atoms with Crippen molar-refractivity contribution in [2.24, 2.45) is 0 Å². The van der Waals surface area contributed by atoms with Gasteiger partial charge in [-0.15, -0.1) is 0 Å². The molecule has 0 unspecified atom stereocenters. The Balaban J connectivity index is 0.000000755. The summed E-state index contributed by atoms with van der Waals surface area (Å²) in [6.07, 6.45) is 5.20. The van der Waals surface area contributed by atoms with Crippen LogP contribution in [0, 0.1) is 0 Å². The molecule has 0 atom stereocenters. The maximum absolute atomic E-state index is 13.3. The number of phenolic OH excluding ortho intramolecular Hbond substituents is 1. The maximum atomic E-state index is 13.3. The number of carboxylic acids is 1. The summed E-state index contributed by atoms with van der Waals surface area (Å²) in [6.45, 7) is 7.19. The lowest BCUT2D eigenvalue weighted by Crippen LogP contribution is -2.43. The van der Waals surface area contributed by atoms with Gasteiger partial charge in [0.15, 0.2) is 12.4 Å². The standard InChI is InChI=1S/C34H45N5O5.C2HF3O2/c1-24(2)39-22-28(21-36-39)27-7-5-6-25(20-27)13-18-43-19-14-32(42)38(29-8-3-4-9-29)17-16-35-15-12-26-10-11-30(40)33-34(26)44-23-31(41)37-33;3-2(4,5)1(6)7/h5-7,10-11,20-22,24,29,35,40H,3-4,8-9,12-19,23H2,1-2H3,(H,37,41);(H,6,7). The molecule has 2 amide bonds. The molecule has 1 aliphatic heterocycles. The molecule has 1 aromatic heterocycles. The normalized spacial score (nSPS) is 14.4. The summed E-state index contributed by atoms with van der Waals surface area (Å²) in [6, 6.07) is 12.5. The molecular formula is C36H46F3N5O7. The molecule has 51 heavy (non-hydrogen) atoms. The first kappa shape index (κ1) is 39.2. The second-order valence-corrected chi connectivity index (χ2v) is 12.7. The number of fused-ring (bicyclic) bond motifs is 1. The third-order valence-electron chi connectivity index (χ3n) is 8.64. The van der Waals surface area contributed by atoms with E-state index in [1.54, 1.807) is 6.07 Å². The Morgan fingerprint density at radius 1 is 1.12 bits per heavy atom. The molecule has 278 valence electrons. The van der Waals surface area contributed by atoms with E-state index >= 15 is 0 Å². The highest BCUT2D eigenvalue weighted by Crippen LogP contribution is 2.39. The predicted molar refractivity (Wildman–Crippen MR) is 184 cm³/mol. The Bertz CT molecular complexity index is 1620. The molecule has 0 saturated heterocycles. The van der Waals surface area contributed by atoms with Crippen molar-refractivity contribution >= 4 is 23.5 Å². The minimum absolute atomic E-state index is 0.000372. The van der Waals surface area contributed by atoms with E-state index < -0.39 is 12.1 Å². The Morgan fingerprint density at radius 2 is 1.86 bits per heavy atom. The van der Waals surface area contributed by atoms with E-state index in [9.17, 15) is 27.9 Å². The number of aromatic nitrogens is 2. The summed E-state index contributed by atoms with van der Waals surface area (Å²) in [5, 5.41) is 27.8. The number of hydrogen-bond donors (Lipinski definition) is 4. The van der Waals surface area contributed by atoms with Crippen LogP contribution in [0.25, 0.3) is 11.1 Å². The lowest BCUT2D eigenvalue weighted by molar-refractivity contribution is -0.192. The van der Waals surface area contributed by atoms with Crippen molar-refractivity contribution in [3.63, 3.8) is 0 Å². The average molecular weight is 718 g/mol. The van der Waals surface area contributed by atoms with Crippen LogP contribution in [-0.4, -0.2) is 94.4 Å². The van der Waals surface area contributed by atoms with Crippen molar-refractivity contribution in [3.8, 4) is 22.6 Å². The van der Waals surface area contributed by atoms with Crippen molar-refractivity contribution in [2.75, 3.05) is 44.8 Å². The van der Waals surface area contributed by atoms with Crippen LogP contribution in [0.3, 0.4) is 0 Å². The Kier molecular flexibility index (Phi) is 14.3. The summed E-state index contributed by atoms with van der Waals surface area (Å²) >= 11 is 0. The molecule has 1 saturated carbocycles. The average Bonchev–Trinajstić information content (AvgIpc) is 3.81. The summed E-state index contributed by atoms with van der Waals surface area (Å²) < 4.78 is 45.2. The quantitative estimate of drug-likeness (QED) is 0.120. The van der Waals surface area contributed by atoms with Gasteiger partial charge in [0, 0.05) is 36.9 Å². The number of anilines is 1. The Morgan fingerprint density at radius 3 is 2.55 bits per heavy atom. The number of nitrogens with one attached hydrogen (secondary N) is 2. The van der Waals surface area contributed by atoms with Gasteiger partial charge in [-0.2, -0.15) is 18.3 Å². The second-order valence-electron chi connectivity index (χ2n) is 12.7. The van der Waals surface area contributed by atoms with Gasteiger partial charge in [0.05, 0.1) is 25.8 Å². The topological polar surface area (TPSA) is 155 Å². The summed E-state index contributed by atoms with van der Waals surface area (Å²) in [7, 11) is 0. The van der Waals surface area contributed by atoms with Gasteiger partial charge in [-0.3, -0.25) is 14.3 Å². The van der Waals surface area contributed by atoms with Gasteiger partial charge in [0.2, 0.25) is 5.91 Å². The summed E-state index contributed by atoms with van der Waals surface area (Å²) in [5.74, 6) is -2.35. The molecular weight excluding hydrogens is 671 g/mol. The number of aromatic hydroxyl groups is 1. The van der Waals surface area contributed by atoms with Crippen LogP contribution in [0.2, 0.25) is 0 Å². The number of ether oxygens (including phenoxy) is 2. The molecule has 3 aromatic rings. The number of amides is 2. The first-order chi connectivity index (χ1) is 24.3. The number of halogens is 3. The minimum atomic E-state index is -5.08. The Labute approximate surface area is 294 Å². The largest absolute Gasteiger partial charge is 0.506 e. The van der Waals surface area contributed by atoms with Gasteiger partial charge < -0.3 is 35.2 Å². The van der Waals surface area contributed by atoms with Crippen LogP contribution in [-0.2, 0) is 32.0 Å². The van der Waals surface area contributed by atoms with Gasteiger partial charge in [-0.25, -0.2) is 4.79 Å². The number of aliphatic carboxylic acids is 1. The Hall–Kier alpha value is -4.63. The minimum Gasteiger partial charge on any atom is -0.506 e. The molecule has 2 aromatic carbocycles. The van der Waals surface area contributed by atoms with E-state index in [0.29, 0.717) is 69.2 Å². The molecule has 2 aliphatic rings. The summed E-state index contributed by atoms with van der Waals surface area (Å²) in [5.41, 5.74) is 4.71. The van der Waals surface area contributed by atoms with Gasteiger partial charge in [0.25, 0.3) is 5.91 Å². The lowest BCUT2D eigenvalue weighted by atomic mass is 10.0. The first-order valence-corrected chi connectivity index (χ1v) is 17.1. The molecule has 1 aliphatic carbocycles. The predicted octanol–water partition coefficient (Wildman–Crippen LogP) is 5.35. The number of carbonyl (C=O) groups excluding carboxylic acids is 2. The van der Waals surface area contributed by atoms with E-state index in [1.165, 1.54) is 5.56 Å². The molecule has 5 rings (SSSR count). The zero-order valence-corrected chi connectivity index (χ0v) is 28.9. The van der Waals surface area contributed by atoms with E-state index in [1.807, 2.05) is 21.8 Å². The van der Waals surface area contributed by atoms with Crippen molar-refractivity contribution in [2.45, 2.75) is 77.1 Å². The van der Waals surface area contributed by atoms with Crippen molar-refractivity contribution < 1.29 is 47.2 Å². The molecule has 2 heterocycles. The highest BCUT2D eigenvalue weighted by atomic mass is 19.4. The van der Waals surface area contributed by atoms with Gasteiger partial charge in [-0.1, -0.05) is 43.2 Å². The number of benzene rings is 2. The number of carbonyl (C=O) groups is 3. The monoisotopic (exact) mass is 717 g/mol. The molecule has 1 fully saturated rings. The zero-order chi connectivity index (χ0) is 37.0. The van der Waals surface area contributed by atoms with Crippen molar-refractivity contribution in [3.05, 3.63) is 59.9 Å². The molecule has 12 nitrogen and oxygen atoms in total. The zero-order valence-electron chi connectivity index (χ0n) is 28.9. The molecule has 15 heteroatoms. The van der Waals surface area contributed by atoms with Crippen molar-refractivity contribution in [1.29, 1.82) is 0 Å². The van der Waals surface area contributed by atoms with Crippen LogP contribution >= 0.6 is 0 Å². The molecule has 0 spiro atoms. The second kappa shape index (κ2) is 18.6. The third kappa shape index (κ3) is 11.7. The number of hydrogen-bond acceptors (Lipinski definition) is 8. The molecule has 0 bridgehead atoms. The third-order valence-corrected chi connectivity index (χ3v) is 8.64. The van der Waals surface area contributed by atoms with Gasteiger partial charge in [0.1, 0.15) is 11.4 Å². The number of carboxylic acid groups (broad SMARTS) is 1. The van der Waals surface area contributed by atoms with Crippen LogP contribution in [0.5, 0.6) is 11.5 Å². The van der Waals surface area contributed by atoms with E-state index in [4.69, 9.17) is 19.4 Å². The fourth-order valence-corrected chi connectivity index (χ4v) is 5.96. The van der Waals surface area contributed by atoms with Crippen LogP contribution in [0.1, 0.15) is 63.1 Å². The van der Waals surface area contributed by atoms with Crippen LogP contribution in [0.4, 0.5) is 18.9 Å². The summed E-state index contributed by atoms with van der Waals surface area (Å²) in [4.78, 5) is 35.8. The maximum Gasteiger partial charge on any atom is 0.490 e. The smallest absolute Gasteiger partial charge is 0.490 e. The fraction of sp³-hybridized carbons (Fsp3) is 0.500. The number of alkyl halides is 3. The van der Waals surface area contributed by atoms with Crippen molar-refractivity contribution in [1.82, 2.24) is 20.0 Å². The van der Waals surface area contributed by atoms with E-state index in [0.717, 1.165) is 48.8 Å². The SMILES string of the molecule is CC(C)n1cc(-c2cccc(CCOCCC(=O)N(CCNCCc3ccc(O)c4c3OCC(=O)N4)C3CCCC3)c2)cn1.O=C(O)C(F)(F)F. The van der Waals surface area contributed by atoms with E-state index in [-0.39, 0.29) is 24.2 Å².